The van der Waals surface area contributed by atoms with E-state index in [1.54, 1.807) is 0 Å². The molecule has 0 saturated carbocycles. The number of amides is 2. The molecule has 2 amide bonds. The molecule has 18 unspecified atom stereocenters. The van der Waals surface area contributed by atoms with Crippen molar-refractivity contribution in [2.45, 2.75) is 445 Å². The minimum Gasteiger partial charge on any atom is -0.477 e. The molecule has 3 saturated heterocycles. The zero-order valence-electron chi connectivity index (χ0n) is 62.3. The lowest BCUT2D eigenvalue weighted by Crippen LogP contribution is -2.70. The van der Waals surface area contributed by atoms with E-state index < -0.39 is 148 Å². The van der Waals surface area contributed by atoms with Gasteiger partial charge < -0.3 is 100 Å². The van der Waals surface area contributed by atoms with Gasteiger partial charge in [-0.2, -0.15) is 0 Å². The van der Waals surface area contributed by atoms with E-state index in [0.29, 0.717) is 19.3 Å². The van der Waals surface area contributed by atoms with Crippen LogP contribution in [0.2, 0.25) is 0 Å². The van der Waals surface area contributed by atoms with Gasteiger partial charge in [0.1, 0.15) is 67.1 Å². The van der Waals surface area contributed by atoms with Crippen LogP contribution in [0.25, 0.3) is 0 Å². The first-order chi connectivity index (χ1) is 48.4. The second-order valence-corrected chi connectivity index (χ2v) is 29.6. The molecular formula is C77H146N2O21. The third kappa shape index (κ3) is 37.3. The molecule has 0 aromatic rings. The first-order valence-electron chi connectivity index (χ1n) is 40.4. The van der Waals surface area contributed by atoms with Crippen LogP contribution in [0.4, 0.5) is 0 Å². The molecule has 14 N–H and O–H groups in total. The molecule has 3 heterocycles. The number of aliphatic hydroxyl groups is 11. The van der Waals surface area contributed by atoms with Crippen molar-refractivity contribution in [3.63, 3.8) is 0 Å². The van der Waals surface area contributed by atoms with Crippen LogP contribution < -0.4 is 10.6 Å². The second kappa shape index (κ2) is 57.0. The molecule has 3 rings (SSSR count). The number of carbonyl (C=O) groups is 3. The number of rotatable bonds is 64. The highest BCUT2D eigenvalue weighted by Gasteiger charge is 2.60. The number of aliphatic hydroxyl groups excluding tert-OH is 11. The van der Waals surface area contributed by atoms with Crippen molar-refractivity contribution in [2.24, 2.45) is 0 Å². The lowest BCUT2D eigenvalue weighted by atomic mass is 9.88. The van der Waals surface area contributed by atoms with E-state index in [2.05, 4.69) is 24.5 Å². The van der Waals surface area contributed by atoms with Crippen molar-refractivity contribution >= 4 is 17.8 Å². The van der Waals surface area contributed by atoms with Crippen LogP contribution in [0.15, 0.2) is 0 Å². The minimum atomic E-state index is -3.08. The molecule has 0 spiro atoms. The number of unbranched alkanes of at least 4 members (excludes halogenated alkanes) is 44. The largest absolute Gasteiger partial charge is 0.477 e. The van der Waals surface area contributed by atoms with Crippen molar-refractivity contribution in [1.82, 2.24) is 10.6 Å². The van der Waals surface area contributed by atoms with Crippen LogP contribution in [-0.2, 0) is 42.8 Å². The lowest BCUT2D eigenvalue weighted by molar-refractivity contribution is -0.386. The van der Waals surface area contributed by atoms with Crippen LogP contribution in [0.1, 0.15) is 335 Å². The Morgan fingerprint density at radius 3 is 1.25 bits per heavy atom. The van der Waals surface area contributed by atoms with Crippen LogP contribution in [0, 0.1) is 0 Å². The van der Waals surface area contributed by atoms with E-state index in [0.717, 1.165) is 51.9 Å². The number of carboxylic acid groups (broad SMARTS) is 1. The molecule has 0 aromatic carbocycles. The summed E-state index contributed by atoms with van der Waals surface area (Å²) in [6, 6.07) is -2.53. The van der Waals surface area contributed by atoms with Crippen molar-refractivity contribution in [1.29, 1.82) is 0 Å². The maximum Gasteiger partial charge on any atom is 0.364 e. The van der Waals surface area contributed by atoms with Gasteiger partial charge in [-0.15, -0.1) is 0 Å². The molecule has 0 radical (unpaired) electrons. The van der Waals surface area contributed by atoms with Crippen LogP contribution in [-0.4, -0.2) is 215 Å². The summed E-state index contributed by atoms with van der Waals surface area (Å²) in [7, 11) is 0. The molecule has 100 heavy (non-hydrogen) atoms. The molecule has 0 bridgehead atoms. The number of carboxylic acids is 1. The third-order valence-corrected chi connectivity index (χ3v) is 20.8. The Bertz CT molecular complexity index is 2000. The number of nitrogens with one attached hydrogen (secondary N) is 2. The molecule has 3 fully saturated rings. The van der Waals surface area contributed by atoms with Gasteiger partial charge >= 0.3 is 5.97 Å². The number of aliphatic carboxylic acids is 1. The van der Waals surface area contributed by atoms with Gasteiger partial charge in [-0.25, -0.2) is 4.79 Å². The fourth-order valence-corrected chi connectivity index (χ4v) is 14.4. The van der Waals surface area contributed by atoms with E-state index in [9.17, 15) is 75.7 Å². The normalized spacial score (nSPS) is 26.9. The zero-order chi connectivity index (χ0) is 73.2. The summed E-state index contributed by atoms with van der Waals surface area (Å²) in [6.45, 7) is 2.27. The smallest absolute Gasteiger partial charge is 0.364 e. The van der Waals surface area contributed by atoms with Gasteiger partial charge in [0, 0.05) is 19.8 Å². The molecule has 18 atom stereocenters. The minimum absolute atomic E-state index is 0.230. The van der Waals surface area contributed by atoms with E-state index in [1.807, 2.05) is 0 Å². The highest BCUT2D eigenvalue weighted by atomic mass is 16.8. The average molecular weight is 1440 g/mol. The molecule has 590 valence electrons. The van der Waals surface area contributed by atoms with Gasteiger partial charge in [0.05, 0.1) is 50.7 Å². The maximum absolute atomic E-state index is 13.6. The van der Waals surface area contributed by atoms with Gasteiger partial charge in [-0.3, -0.25) is 9.59 Å². The van der Waals surface area contributed by atoms with Crippen molar-refractivity contribution in [3.05, 3.63) is 0 Å². The summed E-state index contributed by atoms with van der Waals surface area (Å²) in [4.78, 5) is 38.7. The predicted octanol–water partition coefficient (Wildman–Crippen LogP) is 10.4. The lowest BCUT2D eigenvalue weighted by Gasteiger charge is -2.50. The molecule has 0 aromatic heterocycles. The Hall–Kier alpha value is -2.27. The number of hydrogen-bond acceptors (Lipinski definition) is 20. The molecule has 3 aliphatic rings. The first kappa shape index (κ1) is 91.9. The zero-order valence-corrected chi connectivity index (χ0v) is 62.3. The van der Waals surface area contributed by atoms with Gasteiger partial charge in [0.25, 0.3) is 5.79 Å². The number of ether oxygens (including phenoxy) is 6. The third-order valence-electron chi connectivity index (χ3n) is 20.8. The average Bonchev–Trinajstić information content (AvgIpc) is 0.766. The van der Waals surface area contributed by atoms with Gasteiger partial charge in [0.2, 0.25) is 11.8 Å². The summed E-state index contributed by atoms with van der Waals surface area (Å²) >= 11 is 0. The van der Waals surface area contributed by atoms with Gasteiger partial charge in [-0.05, 0) is 12.8 Å². The molecule has 23 heteroatoms. The molecular weight excluding hydrogens is 1290 g/mol. The SMILES string of the molecule is CCCCCCCCCCCCCCCCCCCCCCCCCCC(O)C(COC1OC(CO)C(OC2OC(CO)C(O)C(OC3(C(=O)O)CC(O)C(NC(C)=O)C(C(O)C(O)CO)O3)C2O)C(O)C1O)NC(=O)CCCCCCCCCCCCCCCCCCCCCCCC. The molecule has 3 aliphatic heterocycles. The Balaban J connectivity index is 1.52. The summed E-state index contributed by atoms with van der Waals surface area (Å²) in [5.41, 5.74) is 0. The highest BCUT2D eigenvalue weighted by molar-refractivity contribution is 5.77. The van der Waals surface area contributed by atoms with E-state index >= 15 is 0 Å². The van der Waals surface area contributed by atoms with Crippen molar-refractivity contribution < 1.29 is 104 Å². The highest BCUT2D eigenvalue weighted by Crippen LogP contribution is 2.39. The Morgan fingerprint density at radius 1 is 0.480 bits per heavy atom. The van der Waals surface area contributed by atoms with Crippen LogP contribution in [0.5, 0.6) is 0 Å². The fourth-order valence-electron chi connectivity index (χ4n) is 14.4. The first-order valence-corrected chi connectivity index (χ1v) is 40.4. The Morgan fingerprint density at radius 2 is 0.870 bits per heavy atom. The molecule has 0 aliphatic carbocycles. The van der Waals surface area contributed by atoms with E-state index in [1.165, 1.54) is 238 Å². The molecule has 23 nitrogen and oxygen atoms in total. The van der Waals surface area contributed by atoms with Crippen LogP contribution >= 0.6 is 0 Å². The Labute approximate surface area is 601 Å². The monoisotopic (exact) mass is 1440 g/mol. The summed E-state index contributed by atoms with van der Waals surface area (Å²) in [6.07, 6.45) is 29.5. The topological polar surface area (TPSA) is 373 Å². The quantitative estimate of drug-likeness (QED) is 0.0252. The predicted molar refractivity (Wildman–Crippen MR) is 385 cm³/mol. The van der Waals surface area contributed by atoms with E-state index in [-0.39, 0.29) is 18.9 Å². The van der Waals surface area contributed by atoms with E-state index in [4.69, 9.17) is 28.4 Å². The number of hydrogen-bond donors (Lipinski definition) is 14. The number of carbonyl (C=O) groups excluding carboxylic acids is 2. The standard InChI is InChI=1S/C77H146N2O21/c1-4-6-8-10-12-14-16-18-20-22-24-26-28-29-30-32-34-36-38-40-42-44-46-48-50-59(84)58(79-64(87)51-49-47-45-43-41-39-37-35-33-31-27-25-23-21-19-17-15-13-11-9-7-5-2)56-95-74-69(91)68(90)71(63(55-82)97-74)98-75-70(92)73(67(89)62(54-81)96-75)100-77(76(93)94)52-60(85)65(78-57(3)83)72(99-77)66(88)61(86)53-80/h58-63,65-75,80-82,84-86,88-92H,4-56H2,1-3H3,(H,78,83)(H,79,87)(H,93,94). The summed E-state index contributed by atoms with van der Waals surface area (Å²) < 4.78 is 35.0. The fraction of sp³-hybridized carbons (Fsp3) is 0.961. The Kier molecular flexibility index (Phi) is 52.4. The van der Waals surface area contributed by atoms with Crippen molar-refractivity contribution in [2.75, 3.05) is 26.4 Å². The van der Waals surface area contributed by atoms with Gasteiger partial charge in [0.15, 0.2) is 12.6 Å². The second-order valence-electron chi connectivity index (χ2n) is 29.6. The van der Waals surface area contributed by atoms with Crippen LogP contribution in [0.3, 0.4) is 0 Å². The van der Waals surface area contributed by atoms with Crippen molar-refractivity contribution in [3.8, 4) is 0 Å². The summed E-state index contributed by atoms with van der Waals surface area (Å²) in [5.74, 6) is -6.09. The van der Waals surface area contributed by atoms with Gasteiger partial charge in [-0.1, -0.05) is 303 Å². The maximum atomic E-state index is 13.6. The summed E-state index contributed by atoms with van der Waals surface area (Å²) in [5, 5.41) is 137.